The molecule has 0 aromatic carbocycles. The van der Waals surface area contributed by atoms with E-state index >= 15 is 0 Å². The molecule has 1 fully saturated rings. The van der Waals surface area contributed by atoms with Crippen molar-refractivity contribution < 1.29 is 9.90 Å². The Morgan fingerprint density at radius 1 is 1.41 bits per heavy atom. The van der Waals surface area contributed by atoms with Crippen LogP contribution in [-0.2, 0) is 4.79 Å². The lowest BCUT2D eigenvalue weighted by Gasteiger charge is -2.17. The Hall–Kier alpha value is -3.43. The van der Waals surface area contributed by atoms with Crippen LogP contribution in [0, 0.1) is 5.41 Å². The number of aromatic nitrogens is 5. The molecule has 10 heteroatoms. The lowest BCUT2D eigenvalue weighted by atomic mass is 9.92. The molecule has 0 saturated heterocycles. The fraction of sp³-hybridized carbons (Fsp3) is 0.421. The molecule has 0 spiro atoms. The molecular weight excluding hydrogens is 374 g/mol. The van der Waals surface area contributed by atoms with Gasteiger partial charge in [-0.1, -0.05) is 20.8 Å². The number of nitrogens with one attached hydrogen (secondary N) is 3. The highest BCUT2D eigenvalue weighted by molar-refractivity contribution is 5.90. The number of carbonyl (C=O) groups is 1. The van der Waals surface area contributed by atoms with Crippen molar-refractivity contribution in [3.05, 3.63) is 39.1 Å². The molecule has 3 aromatic rings. The van der Waals surface area contributed by atoms with Crippen LogP contribution in [0.1, 0.15) is 45.7 Å². The molecule has 3 aromatic heterocycles. The van der Waals surface area contributed by atoms with Crippen LogP contribution in [0.15, 0.2) is 22.1 Å². The van der Waals surface area contributed by atoms with Gasteiger partial charge in [-0.25, -0.2) is 9.78 Å². The minimum atomic E-state index is -0.516. The summed E-state index contributed by atoms with van der Waals surface area (Å²) in [6.07, 6.45) is 5.53. The predicted molar refractivity (Wildman–Crippen MR) is 106 cm³/mol. The van der Waals surface area contributed by atoms with E-state index in [1.165, 1.54) is 0 Å². The summed E-state index contributed by atoms with van der Waals surface area (Å²) in [5.74, 6) is -0.0238. The number of nitrogens with zero attached hydrogens (tertiary/aromatic N) is 4. The second-order valence-electron chi connectivity index (χ2n) is 8.47. The number of fused-ring (bicyclic) bond motifs is 1. The molecule has 0 unspecified atom stereocenters. The Morgan fingerprint density at radius 3 is 2.79 bits per heavy atom. The fourth-order valence-corrected chi connectivity index (χ4v) is 2.93. The van der Waals surface area contributed by atoms with Crippen LogP contribution in [0.2, 0.25) is 0 Å². The van der Waals surface area contributed by atoms with Crippen molar-refractivity contribution in [1.29, 1.82) is 0 Å². The average molecular weight is 397 g/mol. The SMILES string of the molecule is CC(C)(C)CC(=O)Nc1cc(=NC2CC2)n2ncc(=Cc3[nH]c(=O)[nH]c3O)c2n1. The van der Waals surface area contributed by atoms with E-state index < -0.39 is 5.69 Å². The van der Waals surface area contributed by atoms with Gasteiger partial charge in [-0.2, -0.15) is 9.61 Å². The number of aromatic amines is 2. The first kappa shape index (κ1) is 18.9. The third-order valence-corrected chi connectivity index (χ3v) is 4.34. The van der Waals surface area contributed by atoms with E-state index in [0.29, 0.717) is 28.6 Å². The van der Waals surface area contributed by atoms with E-state index in [1.807, 2.05) is 20.8 Å². The first-order valence-corrected chi connectivity index (χ1v) is 9.43. The first-order valence-electron chi connectivity index (χ1n) is 9.43. The summed E-state index contributed by atoms with van der Waals surface area (Å²) in [4.78, 5) is 37.7. The molecule has 4 rings (SSSR count). The molecular formula is C19H23N7O3. The summed E-state index contributed by atoms with van der Waals surface area (Å²) in [5.41, 5.74) is 0.601. The number of H-pyrrole nitrogens is 2. The molecule has 1 aliphatic carbocycles. The van der Waals surface area contributed by atoms with Gasteiger partial charge in [0.15, 0.2) is 11.1 Å². The largest absolute Gasteiger partial charge is 0.493 e. The van der Waals surface area contributed by atoms with Crippen molar-refractivity contribution in [3.8, 4) is 5.88 Å². The number of amides is 1. The van der Waals surface area contributed by atoms with Gasteiger partial charge in [0.1, 0.15) is 11.5 Å². The maximum atomic E-state index is 12.4. The Morgan fingerprint density at radius 2 is 2.17 bits per heavy atom. The van der Waals surface area contributed by atoms with E-state index in [1.54, 1.807) is 22.9 Å². The van der Waals surface area contributed by atoms with Gasteiger partial charge in [0, 0.05) is 17.7 Å². The van der Waals surface area contributed by atoms with Gasteiger partial charge in [0.25, 0.3) is 0 Å². The van der Waals surface area contributed by atoms with Crippen molar-refractivity contribution >= 4 is 23.4 Å². The molecule has 10 nitrogen and oxygen atoms in total. The van der Waals surface area contributed by atoms with Crippen LogP contribution in [0.25, 0.3) is 11.7 Å². The smallest absolute Gasteiger partial charge is 0.326 e. The van der Waals surface area contributed by atoms with Gasteiger partial charge in [-0.05, 0) is 24.3 Å². The van der Waals surface area contributed by atoms with E-state index in [0.717, 1.165) is 12.8 Å². The molecule has 3 heterocycles. The molecule has 0 atom stereocenters. The molecule has 1 saturated carbocycles. The van der Waals surface area contributed by atoms with Crippen molar-refractivity contribution in [1.82, 2.24) is 24.6 Å². The zero-order valence-electron chi connectivity index (χ0n) is 16.5. The van der Waals surface area contributed by atoms with Gasteiger partial charge in [-0.15, -0.1) is 0 Å². The molecule has 152 valence electrons. The topological polar surface area (TPSA) is 141 Å². The van der Waals surface area contributed by atoms with Gasteiger partial charge >= 0.3 is 5.69 Å². The van der Waals surface area contributed by atoms with Crippen LogP contribution >= 0.6 is 0 Å². The second-order valence-corrected chi connectivity index (χ2v) is 8.47. The molecule has 0 bridgehead atoms. The number of carbonyl (C=O) groups excluding carboxylic acids is 1. The highest BCUT2D eigenvalue weighted by Crippen LogP contribution is 2.22. The van der Waals surface area contributed by atoms with E-state index in [4.69, 9.17) is 0 Å². The van der Waals surface area contributed by atoms with Gasteiger partial charge in [0.05, 0.1) is 12.2 Å². The molecule has 1 amide bonds. The van der Waals surface area contributed by atoms with E-state index in [-0.39, 0.29) is 28.9 Å². The zero-order chi connectivity index (χ0) is 20.8. The van der Waals surface area contributed by atoms with Crippen LogP contribution < -0.4 is 21.7 Å². The van der Waals surface area contributed by atoms with E-state index in [2.05, 4.69) is 30.4 Å². The lowest BCUT2D eigenvalue weighted by Crippen LogP contribution is -2.24. The molecule has 0 aliphatic heterocycles. The molecule has 1 aliphatic rings. The lowest BCUT2D eigenvalue weighted by molar-refractivity contribution is -0.117. The third-order valence-electron chi connectivity index (χ3n) is 4.34. The number of hydrogen-bond donors (Lipinski definition) is 4. The summed E-state index contributed by atoms with van der Waals surface area (Å²) >= 11 is 0. The maximum Gasteiger partial charge on any atom is 0.326 e. The summed E-state index contributed by atoms with van der Waals surface area (Å²) < 4.78 is 1.59. The Labute approximate surface area is 165 Å². The number of anilines is 1. The number of imidazole rings is 1. The minimum absolute atomic E-state index is 0.135. The maximum absolute atomic E-state index is 12.4. The number of rotatable bonds is 4. The van der Waals surface area contributed by atoms with Crippen LogP contribution in [0.3, 0.4) is 0 Å². The first-order chi connectivity index (χ1) is 13.7. The molecule has 0 radical (unpaired) electrons. The van der Waals surface area contributed by atoms with Crippen LogP contribution in [0.5, 0.6) is 5.88 Å². The fourth-order valence-electron chi connectivity index (χ4n) is 2.93. The third kappa shape index (κ3) is 4.36. The zero-order valence-corrected chi connectivity index (χ0v) is 16.5. The van der Waals surface area contributed by atoms with Crippen molar-refractivity contribution in [2.24, 2.45) is 10.4 Å². The number of hydrogen-bond acceptors (Lipinski definition) is 6. The monoisotopic (exact) mass is 397 g/mol. The van der Waals surface area contributed by atoms with Crippen molar-refractivity contribution in [2.45, 2.75) is 46.1 Å². The Kier molecular flexibility index (Phi) is 4.48. The highest BCUT2D eigenvalue weighted by Gasteiger charge is 2.21. The standard InChI is InChI=1S/C19H23N7O3/c1-19(2,3)8-15(27)23-13-7-14(21-11-4-5-11)26-16(24-13)10(9-20-26)6-12-17(28)25-18(29)22-12/h6-7,9,11,28H,4-5,8H2,1-3H3,(H,23,27)(H2,22,25,29). The predicted octanol–water partition coefficient (Wildman–Crippen LogP) is 0.437. The average Bonchev–Trinajstić information content (AvgIpc) is 3.22. The summed E-state index contributed by atoms with van der Waals surface area (Å²) in [6.45, 7) is 5.97. The molecule has 4 N–H and O–H groups in total. The summed E-state index contributed by atoms with van der Waals surface area (Å²) in [5, 5.41) is 17.6. The highest BCUT2D eigenvalue weighted by atomic mass is 16.3. The summed E-state index contributed by atoms with van der Waals surface area (Å²) in [6, 6.07) is 1.96. The quantitative estimate of drug-likeness (QED) is 0.505. The van der Waals surface area contributed by atoms with E-state index in [9.17, 15) is 14.7 Å². The second kappa shape index (κ2) is 6.87. The Bertz CT molecular complexity index is 1260. The van der Waals surface area contributed by atoms with Gasteiger partial charge in [-0.3, -0.25) is 14.8 Å². The number of aromatic hydroxyl groups is 1. The minimum Gasteiger partial charge on any atom is -0.493 e. The van der Waals surface area contributed by atoms with Crippen molar-refractivity contribution in [2.75, 3.05) is 5.32 Å². The normalized spacial score (nSPS) is 16.0. The van der Waals surface area contributed by atoms with Crippen molar-refractivity contribution in [3.63, 3.8) is 0 Å². The van der Waals surface area contributed by atoms with Gasteiger partial charge < -0.3 is 15.4 Å². The summed E-state index contributed by atoms with van der Waals surface area (Å²) in [7, 11) is 0. The van der Waals surface area contributed by atoms with Crippen LogP contribution in [0.4, 0.5) is 5.82 Å². The van der Waals surface area contributed by atoms with Gasteiger partial charge in [0.2, 0.25) is 11.8 Å². The van der Waals surface area contributed by atoms with Crippen LogP contribution in [-0.4, -0.2) is 41.6 Å². The Balaban J connectivity index is 1.82. The molecule has 29 heavy (non-hydrogen) atoms.